The zero-order valence-corrected chi connectivity index (χ0v) is 12.2. The van der Waals surface area contributed by atoms with Crippen molar-refractivity contribution in [2.75, 3.05) is 18.4 Å². The van der Waals surface area contributed by atoms with E-state index in [1.165, 1.54) is 0 Å². The van der Waals surface area contributed by atoms with Gasteiger partial charge in [-0.25, -0.2) is 4.79 Å². The van der Waals surface area contributed by atoms with Gasteiger partial charge in [0.05, 0.1) is 6.10 Å². The molecule has 2 heterocycles. The molecule has 3 N–H and O–H groups in total. The van der Waals surface area contributed by atoms with E-state index in [-0.39, 0.29) is 12.1 Å². The molecule has 1 atom stereocenters. The van der Waals surface area contributed by atoms with Gasteiger partial charge in [0.25, 0.3) is 0 Å². The molecule has 0 radical (unpaired) electrons. The third-order valence-electron chi connectivity index (χ3n) is 4.31. The summed E-state index contributed by atoms with van der Waals surface area (Å²) < 4.78 is 0. The first-order valence-corrected chi connectivity index (χ1v) is 7.44. The molecule has 1 aromatic heterocycles. The van der Waals surface area contributed by atoms with Crippen molar-refractivity contribution in [1.29, 1.82) is 0 Å². The first-order valence-electron chi connectivity index (χ1n) is 7.44. The Hall–Kier alpha value is -2.01. The molecule has 1 aliphatic heterocycles. The first-order chi connectivity index (χ1) is 10.1. The molecule has 1 aliphatic rings. The molecular weight excluding hydrogens is 266 g/mol. The van der Waals surface area contributed by atoms with E-state index in [2.05, 4.69) is 10.3 Å². The van der Waals surface area contributed by atoms with Crippen LogP contribution in [0.25, 0.3) is 10.9 Å². The highest BCUT2D eigenvalue weighted by Crippen LogP contribution is 2.22. The zero-order chi connectivity index (χ0) is 14.8. The molecule has 5 heteroatoms. The highest BCUT2D eigenvalue weighted by atomic mass is 16.3. The molecule has 0 spiro atoms. The average molecular weight is 287 g/mol. The first kappa shape index (κ1) is 13.9. The van der Waals surface area contributed by atoms with Gasteiger partial charge in [0.1, 0.15) is 0 Å². The number of urea groups is 1. The fourth-order valence-corrected chi connectivity index (χ4v) is 2.92. The number of nitrogens with zero attached hydrogens (tertiary/aromatic N) is 1. The molecule has 0 bridgehead atoms. The van der Waals surface area contributed by atoms with E-state index < -0.39 is 0 Å². The maximum absolute atomic E-state index is 12.3. The van der Waals surface area contributed by atoms with Crippen LogP contribution in [0.2, 0.25) is 0 Å². The fraction of sp³-hybridized carbons (Fsp3) is 0.438. The van der Waals surface area contributed by atoms with Gasteiger partial charge in [-0.1, -0.05) is 0 Å². The van der Waals surface area contributed by atoms with Gasteiger partial charge in [-0.2, -0.15) is 0 Å². The number of hydrogen-bond donors (Lipinski definition) is 3. The number of hydrogen-bond acceptors (Lipinski definition) is 2. The Balaban J connectivity index is 1.61. The van der Waals surface area contributed by atoms with Crippen LogP contribution in [-0.4, -0.2) is 40.2 Å². The minimum atomic E-state index is -0.286. The molecule has 1 aromatic carbocycles. The molecule has 112 valence electrons. The molecule has 3 rings (SSSR count). The van der Waals surface area contributed by atoms with E-state index in [0.29, 0.717) is 19.0 Å². The third kappa shape index (κ3) is 3.03. The number of H-pyrrole nitrogens is 1. The summed E-state index contributed by atoms with van der Waals surface area (Å²) in [4.78, 5) is 17.2. The van der Waals surface area contributed by atoms with E-state index in [1.54, 1.807) is 0 Å². The van der Waals surface area contributed by atoms with Crippen molar-refractivity contribution in [3.63, 3.8) is 0 Å². The van der Waals surface area contributed by atoms with E-state index in [0.717, 1.165) is 29.4 Å². The number of carbonyl (C=O) groups excluding carboxylic acids is 1. The number of aliphatic hydroxyl groups excluding tert-OH is 1. The average Bonchev–Trinajstić information content (AvgIpc) is 2.95. The lowest BCUT2D eigenvalue weighted by Crippen LogP contribution is -2.42. The number of amides is 2. The summed E-state index contributed by atoms with van der Waals surface area (Å²) in [7, 11) is 0. The number of aromatic amines is 1. The van der Waals surface area contributed by atoms with Crippen LogP contribution in [0.3, 0.4) is 0 Å². The summed E-state index contributed by atoms with van der Waals surface area (Å²) in [5.74, 6) is 0.310. The van der Waals surface area contributed by atoms with E-state index >= 15 is 0 Å². The number of fused-ring (bicyclic) bond motifs is 1. The molecule has 1 saturated heterocycles. The van der Waals surface area contributed by atoms with Gasteiger partial charge in [0, 0.05) is 35.9 Å². The zero-order valence-electron chi connectivity index (χ0n) is 12.2. The summed E-state index contributed by atoms with van der Waals surface area (Å²) in [6, 6.07) is 7.75. The van der Waals surface area contributed by atoms with Gasteiger partial charge < -0.3 is 20.3 Å². The number of anilines is 1. The molecule has 0 saturated carbocycles. The second-order valence-electron chi connectivity index (χ2n) is 5.77. The normalized spacial score (nSPS) is 17.9. The van der Waals surface area contributed by atoms with Crippen molar-refractivity contribution in [2.24, 2.45) is 5.92 Å². The molecule has 1 unspecified atom stereocenters. The fourth-order valence-electron chi connectivity index (χ4n) is 2.92. The van der Waals surface area contributed by atoms with Gasteiger partial charge in [0.2, 0.25) is 0 Å². The minimum Gasteiger partial charge on any atom is -0.393 e. The summed E-state index contributed by atoms with van der Waals surface area (Å²) in [6.07, 6.45) is 3.33. The largest absolute Gasteiger partial charge is 0.393 e. The van der Waals surface area contributed by atoms with Crippen LogP contribution in [0.4, 0.5) is 10.5 Å². The van der Waals surface area contributed by atoms with E-state index in [4.69, 9.17) is 0 Å². The van der Waals surface area contributed by atoms with Gasteiger partial charge in [-0.15, -0.1) is 0 Å². The number of aromatic nitrogens is 1. The van der Waals surface area contributed by atoms with Crippen LogP contribution in [0, 0.1) is 5.92 Å². The quantitative estimate of drug-likeness (QED) is 0.795. The van der Waals surface area contributed by atoms with Gasteiger partial charge in [-0.3, -0.25) is 0 Å². The van der Waals surface area contributed by atoms with Crippen LogP contribution in [0.5, 0.6) is 0 Å². The van der Waals surface area contributed by atoms with Crippen LogP contribution in [-0.2, 0) is 0 Å². The van der Waals surface area contributed by atoms with Crippen molar-refractivity contribution in [3.05, 3.63) is 30.5 Å². The maximum atomic E-state index is 12.3. The Morgan fingerprint density at radius 1 is 1.38 bits per heavy atom. The highest BCUT2D eigenvalue weighted by Gasteiger charge is 2.25. The lowest BCUT2D eigenvalue weighted by atomic mass is 9.92. The molecule has 2 amide bonds. The van der Waals surface area contributed by atoms with E-state index in [9.17, 15) is 9.90 Å². The molecule has 2 aromatic rings. The Labute approximate surface area is 124 Å². The van der Waals surface area contributed by atoms with Crippen molar-refractivity contribution in [2.45, 2.75) is 25.9 Å². The topological polar surface area (TPSA) is 68.4 Å². The number of rotatable bonds is 2. The molecular formula is C16H21N3O2. The number of nitrogens with one attached hydrogen (secondary N) is 2. The van der Waals surface area contributed by atoms with Crippen molar-refractivity contribution < 1.29 is 9.90 Å². The Morgan fingerprint density at radius 3 is 2.86 bits per heavy atom. The molecule has 0 aliphatic carbocycles. The van der Waals surface area contributed by atoms with Crippen LogP contribution >= 0.6 is 0 Å². The summed E-state index contributed by atoms with van der Waals surface area (Å²) in [5, 5.41) is 13.6. The number of benzene rings is 1. The van der Waals surface area contributed by atoms with Gasteiger partial charge in [0.15, 0.2) is 0 Å². The van der Waals surface area contributed by atoms with Crippen LogP contribution in [0.15, 0.2) is 30.5 Å². The number of carbonyl (C=O) groups is 1. The van der Waals surface area contributed by atoms with Crippen molar-refractivity contribution in [3.8, 4) is 0 Å². The van der Waals surface area contributed by atoms with Crippen LogP contribution in [0.1, 0.15) is 19.8 Å². The lowest BCUT2D eigenvalue weighted by Gasteiger charge is -2.33. The smallest absolute Gasteiger partial charge is 0.321 e. The highest BCUT2D eigenvalue weighted by molar-refractivity contribution is 5.92. The standard InChI is InChI=1S/C16H21N3O2/c1-11(20)12-5-8-19(9-6-12)16(21)18-14-2-3-15-13(10-14)4-7-17-15/h2-4,7,10-12,17,20H,5-6,8-9H2,1H3,(H,18,21). The molecule has 5 nitrogen and oxygen atoms in total. The Bertz CT molecular complexity index is 627. The predicted molar refractivity (Wildman–Crippen MR) is 83.3 cm³/mol. The predicted octanol–water partition coefficient (Wildman–Crippen LogP) is 2.79. The maximum Gasteiger partial charge on any atom is 0.321 e. The Kier molecular flexibility index (Phi) is 3.84. The number of aliphatic hydroxyl groups is 1. The molecule has 1 fully saturated rings. The lowest BCUT2D eigenvalue weighted by molar-refractivity contribution is 0.0820. The number of likely N-dealkylation sites (tertiary alicyclic amines) is 1. The third-order valence-corrected chi connectivity index (χ3v) is 4.31. The van der Waals surface area contributed by atoms with Crippen LogP contribution < -0.4 is 5.32 Å². The minimum absolute atomic E-state index is 0.0612. The second kappa shape index (κ2) is 5.77. The van der Waals surface area contributed by atoms with Gasteiger partial charge in [-0.05, 0) is 49.9 Å². The summed E-state index contributed by atoms with van der Waals surface area (Å²) >= 11 is 0. The van der Waals surface area contributed by atoms with Crippen molar-refractivity contribution in [1.82, 2.24) is 9.88 Å². The number of piperidine rings is 1. The SMILES string of the molecule is CC(O)C1CCN(C(=O)Nc2ccc3[nH]ccc3c2)CC1. The summed E-state index contributed by atoms with van der Waals surface area (Å²) in [5.41, 5.74) is 1.87. The second-order valence-corrected chi connectivity index (χ2v) is 5.77. The monoisotopic (exact) mass is 287 g/mol. The van der Waals surface area contributed by atoms with E-state index in [1.807, 2.05) is 42.3 Å². The van der Waals surface area contributed by atoms with Gasteiger partial charge >= 0.3 is 6.03 Å². The molecule has 21 heavy (non-hydrogen) atoms. The van der Waals surface area contributed by atoms with Crippen molar-refractivity contribution >= 4 is 22.6 Å². The Morgan fingerprint density at radius 2 is 2.14 bits per heavy atom. The summed E-state index contributed by atoms with van der Waals surface area (Å²) in [6.45, 7) is 3.23.